The Labute approximate surface area is 108 Å². The first-order chi connectivity index (χ1) is 7.61. The minimum atomic E-state index is -0.662. The first-order valence-corrected chi connectivity index (χ1v) is 5.60. The Hall–Kier alpha value is -1.01. The Morgan fingerprint density at radius 3 is 2.41 bits per heavy atom. The molecule has 0 aliphatic carbocycles. The predicted molar refractivity (Wildman–Crippen MR) is 70.2 cm³/mol. The van der Waals surface area contributed by atoms with Gasteiger partial charge >= 0.3 is 6.03 Å². The van der Waals surface area contributed by atoms with E-state index < -0.39 is 12.1 Å². The molecule has 0 spiro atoms. The lowest BCUT2D eigenvalue weighted by Gasteiger charge is -2.16. The molecule has 0 aromatic rings. The number of nitrogens with two attached hydrogens (primary N) is 1. The summed E-state index contributed by atoms with van der Waals surface area (Å²) in [5.74, 6) is -0.178. The molecule has 0 aliphatic heterocycles. The van der Waals surface area contributed by atoms with Gasteiger partial charge in [0.25, 0.3) is 0 Å². The second kappa shape index (κ2) is 11.5. The van der Waals surface area contributed by atoms with Crippen LogP contribution in [-0.4, -0.2) is 38.1 Å². The van der Waals surface area contributed by atoms with Crippen LogP contribution in [0.15, 0.2) is 0 Å². The number of likely N-dealkylation sites (N-methyl/N-ethyl adjacent to an activating group) is 1. The van der Waals surface area contributed by atoms with Gasteiger partial charge in [-0.15, -0.1) is 12.4 Å². The molecule has 1 atom stereocenters. The van der Waals surface area contributed by atoms with Crippen molar-refractivity contribution in [1.29, 1.82) is 0 Å². The van der Waals surface area contributed by atoms with Crippen LogP contribution in [-0.2, 0) is 4.79 Å². The molecule has 3 amide bonds. The Morgan fingerprint density at radius 1 is 1.29 bits per heavy atom. The minimum Gasteiger partial charge on any atom is -0.353 e. The van der Waals surface area contributed by atoms with Crippen LogP contribution in [0.5, 0.6) is 0 Å². The van der Waals surface area contributed by atoms with Crippen LogP contribution in [0.25, 0.3) is 0 Å². The average molecular weight is 267 g/mol. The molecule has 0 rings (SSSR count). The van der Waals surface area contributed by atoms with Gasteiger partial charge in [-0.2, -0.15) is 0 Å². The van der Waals surface area contributed by atoms with Crippen LogP contribution in [0.4, 0.5) is 4.79 Å². The molecule has 0 fully saturated rings. The number of carbonyl (C=O) groups excluding carboxylic acids is 2. The highest BCUT2D eigenvalue weighted by molar-refractivity contribution is 5.86. The van der Waals surface area contributed by atoms with E-state index in [0.29, 0.717) is 19.5 Å². The largest absolute Gasteiger partial charge is 0.353 e. The third kappa shape index (κ3) is 9.89. The lowest BCUT2D eigenvalue weighted by atomic mass is 10.1. The molecule has 102 valence electrons. The van der Waals surface area contributed by atoms with Gasteiger partial charge in [0.1, 0.15) is 6.04 Å². The summed E-state index contributed by atoms with van der Waals surface area (Å²) in [4.78, 5) is 22.4. The van der Waals surface area contributed by atoms with Gasteiger partial charge in [0.05, 0.1) is 0 Å². The van der Waals surface area contributed by atoms with E-state index in [4.69, 9.17) is 5.73 Å². The van der Waals surface area contributed by atoms with E-state index >= 15 is 0 Å². The highest BCUT2D eigenvalue weighted by atomic mass is 35.5. The normalized spacial score (nSPS) is 11.2. The van der Waals surface area contributed by atoms with Crippen LogP contribution in [0.1, 0.15) is 26.2 Å². The van der Waals surface area contributed by atoms with Crippen molar-refractivity contribution in [3.63, 3.8) is 0 Å². The molecule has 0 radical (unpaired) electrons. The number of urea groups is 1. The van der Waals surface area contributed by atoms with E-state index in [2.05, 4.69) is 16.0 Å². The first kappa shape index (κ1) is 18.4. The zero-order valence-electron chi connectivity index (χ0n) is 10.4. The molecule has 17 heavy (non-hydrogen) atoms. The molecule has 0 aromatic carbocycles. The monoisotopic (exact) mass is 266 g/mol. The van der Waals surface area contributed by atoms with Crippen LogP contribution >= 0.6 is 12.4 Å². The number of nitrogens with one attached hydrogen (secondary N) is 3. The SMILES string of the molecule is CCCCC(NC(N)=O)C(=O)NCCNC.Cl. The van der Waals surface area contributed by atoms with Crippen molar-refractivity contribution in [2.45, 2.75) is 32.2 Å². The standard InChI is InChI=1S/C10H22N4O2.ClH/c1-3-4-5-8(14-10(11)16)9(15)13-7-6-12-2;/h8,12H,3-7H2,1-2H3,(H,13,15)(H3,11,14,16);1H. The van der Waals surface area contributed by atoms with Gasteiger partial charge in [-0.3, -0.25) is 4.79 Å². The van der Waals surface area contributed by atoms with Crippen LogP contribution in [0, 0.1) is 0 Å². The topological polar surface area (TPSA) is 96.2 Å². The van der Waals surface area contributed by atoms with E-state index in [1.807, 2.05) is 14.0 Å². The number of hydrogen-bond acceptors (Lipinski definition) is 3. The summed E-state index contributed by atoms with van der Waals surface area (Å²) in [6.07, 6.45) is 2.47. The van der Waals surface area contributed by atoms with Gasteiger partial charge in [-0.25, -0.2) is 4.79 Å². The van der Waals surface area contributed by atoms with Gasteiger partial charge in [0.15, 0.2) is 0 Å². The van der Waals surface area contributed by atoms with E-state index in [9.17, 15) is 9.59 Å². The van der Waals surface area contributed by atoms with Crippen molar-refractivity contribution in [3.8, 4) is 0 Å². The summed E-state index contributed by atoms with van der Waals surface area (Å²) in [6, 6.07) is -1.18. The summed E-state index contributed by atoms with van der Waals surface area (Å²) < 4.78 is 0. The molecule has 0 heterocycles. The molecular formula is C10H23ClN4O2. The highest BCUT2D eigenvalue weighted by Crippen LogP contribution is 2.00. The second-order valence-electron chi connectivity index (χ2n) is 3.60. The van der Waals surface area contributed by atoms with Crippen LogP contribution in [0.2, 0.25) is 0 Å². The van der Waals surface area contributed by atoms with Crippen molar-refractivity contribution in [2.24, 2.45) is 5.73 Å². The van der Waals surface area contributed by atoms with E-state index in [1.165, 1.54) is 0 Å². The zero-order chi connectivity index (χ0) is 12.4. The van der Waals surface area contributed by atoms with Crippen molar-refractivity contribution in [3.05, 3.63) is 0 Å². The maximum atomic E-state index is 11.7. The first-order valence-electron chi connectivity index (χ1n) is 5.60. The number of amides is 3. The number of rotatable bonds is 8. The minimum absolute atomic E-state index is 0. The summed E-state index contributed by atoms with van der Waals surface area (Å²) in [6.45, 7) is 3.27. The lowest BCUT2D eigenvalue weighted by molar-refractivity contribution is -0.123. The van der Waals surface area contributed by atoms with Crippen molar-refractivity contribution in [2.75, 3.05) is 20.1 Å². The quantitative estimate of drug-likeness (QED) is 0.465. The van der Waals surface area contributed by atoms with E-state index in [0.717, 1.165) is 12.8 Å². The summed E-state index contributed by atoms with van der Waals surface area (Å²) >= 11 is 0. The Bertz CT molecular complexity index is 226. The molecular weight excluding hydrogens is 244 g/mol. The van der Waals surface area contributed by atoms with Gasteiger partial charge in [0, 0.05) is 13.1 Å². The third-order valence-corrected chi connectivity index (χ3v) is 2.15. The molecule has 0 bridgehead atoms. The van der Waals surface area contributed by atoms with Gasteiger partial charge < -0.3 is 21.7 Å². The van der Waals surface area contributed by atoms with Crippen molar-refractivity contribution < 1.29 is 9.59 Å². The smallest absolute Gasteiger partial charge is 0.312 e. The molecule has 0 saturated carbocycles. The van der Waals surface area contributed by atoms with Crippen molar-refractivity contribution in [1.82, 2.24) is 16.0 Å². The number of carbonyl (C=O) groups is 2. The zero-order valence-corrected chi connectivity index (χ0v) is 11.2. The summed E-state index contributed by atoms with van der Waals surface area (Å²) in [5, 5.41) is 8.09. The fourth-order valence-corrected chi connectivity index (χ4v) is 1.28. The maximum absolute atomic E-state index is 11.7. The fourth-order valence-electron chi connectivity index (χ4n) is 1.28. The Kier molecular flexibility index (Phi) is 12.4. The van der Waals surface area contributed by atoms with Gasteiger partial charge in [-0.05, 0) is 13.5 Å². The Morgan fingerprint density at radius 2 is 1.94 bits per heavy atom. The molecule has 7 heteroatoms. The second-order valence-corrected chi connectivity index (χ2v) is 3.60. The maximum Gasteiger partial charge on any atom is 0.312 e. The molecule has 0 aliphatic rings. The predicted octanol–water partition coefficient (Wildman–Crippen LogP) is -0.0291. The van der Waals surface area contributed by atoms with Gasteiger partial charge in [-0.1, -0.05) is 19.8 Å². The van der Waals surface area contributed by atoms with Crippen molar-refractivity contribution >= 4 is 24.3 Å². The number of halogens is 1. The van der Waals surface area contributed by atoms with Gasteiger partial charge in [0.2, 0.25) is 5.91 Å². The fraction of sp³-hybridized carbons (Fsp3) is 0.800. The number of hydrogen-bond donors (Lipinski definition) is 4. The number of primary amides is 1. The highest BCUT2D eigenvalue weighted by Gasteiger charge is 2.18. The molecule has 1 unspecified atom stereocenters. The van der Waals surface area contributed by atoms with Crippen LogP contribution < -0.4 is 21.7 Å². The van der Waals surface area contributed by atoms with Crippen LogP contribution in [0.3, 0.4) is 0 Å². The number of unbranched alkanes of at least 4 members (excludes halogenated alkanes) is 1. The Balaban J connectivity index is 0. The molecule has 0 saturated heterocycles. The summed E-state index contributed by atoms with van der Waals surface area (Å²) in [5.41, 5.74) is 5.02. The molecule has 0 aromatic heterocycles. The third-order valence-electron chi connectivity index (χ3n) is 2.15. The summed E-state index contributed by atoms with van der Waals surface area (Å²) in [7, 11) is 1.81. The van der Waals surface area contributed by atoms with E-state index in [-0.39, 0.29) is 18.3 Å². The molecule has 6 nitrogen and oxygen atoms in total. The lowest BCUT2D eigenvalue weighted by Crippen LogP contribution is -2.49. The average Bonchev–Trinajstić information content (AvgIpc) is 2.23. The van der Waals surface area contributed by atoms with E-state index in [1.54, 1.807) is 0 Å². The molecule has 5 N–H and O–H groups in total.